The van der Waals surface area contributed by atoms with Gasteiger partial charge in [-0.1, -0.05) is 71.4 Å². The number of piperazine rings is 1. The third-order valence-electron chi connectivity index (χ3n) is 6.47. The number of oxime groups is 1. The second-order valence-electron chi connectivity index (χ2n) is 8.76. The van der Waals surface area contributed by atoms with Crippen LogP contribution in [-0.2, 0) is 4.84 Å². The largest absolute Gasteiger partial charge is 0.392 e. The van der Waals surface area contributed by atoms with Crippen LogP contribution in [0.4, 0.5) is 5.69 Å². The van der Waals surface area contributed by atoms with Crippen molar-refractivity contribution in [1.82, 2.24) is 0 Å². The van der Waals surface area contributed by atoms with Crippen molar-refractivity contribution in [2.75, 3.05) is 44.2 Å². The molecule has 1 aliphatic carbocycles. The number of aliphatic hydroxyl groups is 1. The van der Waals surface area contributed by atoms with Crippen LogP contribution in [0.15, 0.2) is 78.0 Å². The number of hydrogen-bond donors (Lipinski definition) is 2. The highest BCUT2D eigenvalue weighted by atomic mass is 16.6. The molecule has 0 bridgehead atoms. The Morgan fingerprint density at radius 3 is 2.03 bits per heavy atom. The quantitative estimate of drug-likeness (QED) is 0.464. The summed E-state index contributed by atoms with van der Waals surface area (Å²) in [5.41, 5.74) is 7.95. The lowest BCUT2D eigenvalue weighted by atomic mass is 10.1. The normalized spacial score (nSPS) is 16.4. The van der Waals surface area contributed by atoms with Crippen molar-refractivity contribution in [3.8, 4) is 11.1 Å². The van der Waals surface area contributed by atoms with Crippen LogP contribution in [0, 0.1) is 6.92 Å². The maximum Gasteiger partial charge on any atom is 0.148 e. The van der Waals surface area contributed by atoms with Crippen LogP contribution < -0.4 is 9.80 Å². The van der Waals surface area contributed by atoms with E-state index in [0.29, 0.717) is 6.54 Å². The van der Waals surface area contributed by atoms with Crippen molar-refractivity contribution in [2.24, 2.45) is 5.16 Å². The lowest BCUT2D eigenvalue weighted by Crippen LogP contribution is -3.16. The van der Waals surface area contributed by atoms with Crippen LogP contribution >= 0.6 is 0 Å². The number of rotatable bonds is 6. The fourth-order valence-electron chi connectivity index (χ4n) is 4.71. The first-order valence-corrected chi connectivity index (χ1v) is 11.4. The van der Waals surface area contributed by atoms with E-state index in [1.807, 2.05) is 24.3 Å². The van der Waals surface area contributed by atoms with Crippen molar-refractivity contribution in [3.05, 3.63) is 89.5 Å². The zero-order valence-electron chi connectivity index (χ0n) is 18.5. The maximum absolute atomic E-state index is 10.6. The molecule has 0 saturated carbocycles. The van der Waals surface area contributed by atoms with E-state index in [2.05, 4.69) is 65.5 Å². The molecule has 32 heavy (non-hydrogen) atoms. The van der Waals surface area contributed by atoms with E-state index in [-0.39, 0.29) is 6.61 Å². The first kappa shape index (κ1) is 20.7. The second kappa shape index (κ2) is 9.15. The van der Waals surface area contributed by atoms with Gasteiger partial charge in [0.1, 0.15) is 25.0 Å². The van der Waals surface area contributed by atoms with Crippen molar-refractivity contribution < 1.29 is 14.8 Å². The molecule has 1 aliphatic heterocycles. The molecule has 0 aromatic heterocycles. The van der Waals surface area contributed by atoms with E-state index in [9.17, 15) is 5.11 Å². The SMILES string of the molecule is Cc1ccc(N2CC[NH+](C[C@H](O)CON=C3c4ccccc4-c4ccccc43)CC2)cc1. The van der Waals surface area contributed by atoms with Gasteiger partial charge in [0.25, 0.3) is 0 Å². The summed E-state index contributed by atoms with van der Waals surface area (Å²) < 4.78 is 0. The summed E-state index contributed by atoms with van der Waals surface area (Å²) in [7, 11) is 0. The smallest absolute Gasteiger partial charge is 0.148 e. The third kappa shape index (κ3) is 4.27. The average molecular weight is 429 g/mol. The third-order valence-corrected chi connectivity index (χ3v) is 6.47. The van der Waals surface area contributed by atoms with Gasteiger partial charge in [-0.05, 0) is 30.2 Å². The number of hydrogen-bond acceptors (Lipinski definition) is 4. The van der Waals surface area contributed by atoms with Gasteiger partial charge < -0.3 is 19.7 Å². The fourth-order valence-corrected chi connectivity index (χ4v) is 4.71. The zero-order valence-corrected chi connectivity index (χ0v) is 18.5. The number of benzene rings is 3. The van der Waals surface area contributed by atoms with E-state index in [1.54, 1.807) is 0 Å². The lowest BCUT2D eigenvalue weighted by molar-refractivity contribution is -0.903. The number of aliphatic hydroxyl groups excluding tert-OH is 1. The Morgan fingerprint density at radius 2 is 1.44 bits per heavy atom. The maximum atomic E-state index is 10.6. The minimum atomic E-state index is -0.535. The van der Waals surface area contributed by atoms with Crippen molar-refractivity contribution in [2.45, 2.75) is 13.0 Å². The van der Waals surface area contributed by atoms with Gasteiger partial charge in [0.05, 0.1) is 26.2 Å². The summed E-state index contributed by atoms with van der Waals surface area (Å²) in [4.78, 5) is 9.48. The Bertz CT molecular complexity index is 1050. The molecule has 5 nitrogen and oxygen atoms in total. The average Bonchev–Trinajstić information content (AvgIpc) is 3.14. The van der Waals surface area contributed by atoms with Crippen LogP contribution in [0.1, 0.15) is 16.7 Å². The summed E-state index contributed by atoms with van der Waals surface area (Å²) in [5.74, 6) is 0. The monoisotopic (exact) mass is 428 g/mol. The molecule has 1 saturated heterocycles. The van der Waals surface area contributed by atoms with Gasteiger partial charge in [-0.3, -0.25) is 0 Å². The highest BCUT2D eigenvalue weighted by Gasteiger charge is 2.25. The Labute approximate surface area is 189 Å². The number of fused-ring (bicyclic) bond motifs is 3. The van der Waals surface area contributed by atoms with Gasteiger partial charge in [0.2, 0.25) is 0 Å². The summed E-state index contributed by atoms with van der Waals surface area (Å²) in [6.45, 7) is 7.03. The molecule has 5 rings (SSSR count). The molecule has 3 aromatic carbocycles. The topological polar surface area (TPSA) is 49.5 Å². The number of anilines is 1. The highest BCUT2D eigenvalue weighted by Crippen LogP contribution is 2.36. The Kier molecular flexibility index (Phi) is 5.93. The molecule has 3 aromatic rings. The molecule has 5 heteroatoms. The van der Waals surface area contributed by atoms with Crippen LogP contribution in [-0.4, -0.2) is 56.3 Å². The molecule has 1 heterocycles. The van der Waals surface area contributed by atoms with E-state index in [4.69, 9.17) is 4.84 Å². The lowest BCUT2D eigenvalue weighted by Gasteiger charge is -2.34. The fraction of sp³-hybridized carbons (Fsp3) is 0.296. The predicted octanol–water partition coefficient (Wildman–Crippen LogP) is 2.51. The van der Waals surface area contributed by atoms with Gasteiger partial charge in [0.15, 0.2) is 0 Å². The van der Waals surface area contributed by atoms with E-state index >= 15 is 0 Å². The Hall–Kier alpha value is -3.15. The van der Waals surface area contributed by atoms with E-state index in [1.165, 1.54) is 27.3 Å². The van der Waals surface area contributed by atoms with Gasteiger partial charge >= 0.3 is 0 Å². The minimum Gasteiger partial charge on any atom is -0.392 e. The molecule has 0 amide bonds. The molecule has 1 fully saturated rings. The van der Waals surface area contributed by atoms with Crippen LogP contribution in [0.2, 0.25) is 0 Å². The van der Waals surface area contributed by atoms with E-state index < -0.39 is 6.10 Å². The molecular weight excluding hydrogens is 398 g/mol. The standard InChI is InChI=1S/C27H29N3O2/c1-20-10-12-21(13-11-20)30-16-14-29(15-17-30)18-22(31)19-32-28-27-25-8-4-2-6-23(25)24-7-3-5-9-26(24)27/h2-13,22,31H,14-19H2,1H3/p+1/t22-/m0/s1. The highest BCUT2D eigenvalue weighted by molar-refractivity contribution is 6.24. The molecule has 2 N–H and O–H groups in total. The molecular formula is C27H30N3O2+. The van der Waals surface area contributed by atoms with Crippen LogP contribution in [0.25, 0.3) is 11.1 Å². The first-order valence-electron chi connectivity index (χ1n) is 11.4. The Morgan fingerprint density at radius 1 is 0.875 bits per heavy atom. The van der Waals surface area contributed by atoms with Gasteiger partial charge in [-0.15, -0.1) is 0 Å². The number of aryl methyl sites for hydroxylation is 1. The first-order chi connectivity index (χ1) is 15.7. The molecule has 1 atom stereocenters. The molecule has 0 spiro atoms. The summed E-state index contributed by atoms with van der Waals surface area (Å²) >= 11 is 0. The molecule has 0 radical (unpaired) electrons. The number of nitrogens with one attached hydrogen (secondary N) is 1. The van der Waals surface area contributed by atoms with E-state index in [0.717, 1.165) is 43.0 Å². The van der Waals surface area contributed by atoms with Crippen molar-refractivity contribution >= 4 is 11.4 Å². The predicted molar refractivity (Wildman–Crippen MR) is 128 cm³/mol. The summed E-state index contributed by atoms with van der Waals surface area (Å²) in [6.07, 6.45) is -0.535. The van der Waals surface area contributed by atoms with Gasteiger partial charge in [-0.2, -0.15) is 0 Å². The van der Waals surface area contributed by atoms with Crippen LogP contribution in [0.5, 0.6) is 0 Å². The van der Waals surface area contributed by atoms with Crippen molar-refractivity contribution in [3.63, 3.8) is 0 Å². The summed E-state index contributed by atoms with van der Waals surface area (Å²) in [6, 6.07) is 25.2. The van der Waals surface area contributed by atoms with Crippen LogP contribution in [0.3, 0.4) is 0 Å². The Balaban J connectivity index is 1.15. The molecule has 0 unspecified atom stereocenters. The summed E-state index contributed by atoms with van der Waals surface area (Å²) in [5, 5.41) is 15.0. The molecule has 164 valence electrons. The minimum absolute atomic E-state index is 0.207. The number of nitrogens with zero attached hydrogens (tertiary/aromatic N) is 2. The van der Waals surface area contributed by atoms with Crippen molar-refractivity contribution in [1.29, 1.82) is 0 Å². The van der Waals surface area contributed by atoms with Gasteiger partial charge in [-0.25, -0.2) is 0 Å². The number of quaternary nitrogens is 1. The zero-order chi connectivity index (χ0) is 21.9. The van der Waals surface area contributed by atoms with Gasteiger partial charge in [0, 0.05) is 16.8 Å². The second-order valence-corrected chi connectivity index (χ2v) is 8.76. The molecule has 2 aliphatic rings.